The number of hydrogen-bond donors (Lipinski definition) is 2. The second kappa shape index (κ2) is 14.2. The average molecular weight is 497 g/mol. The van der Waals surface area contributed by atoms with E-state index in [0.717, 1.165) is 19.5 Å². The van der Waals surface area contributed by atoms with Crippen LogP contribution >= 0.6 is 24.0 Å². The Morgan fingerprint density at radius 3 is 2.50 bits per heavy atom. The van der Waals surface area contributed by atoms with Gasteiger partial charge in [0.05, 0.1) is 11.9 Å². The van der Waals surface area contributed by atoms with E-state index < -0.39 is 9.84 Å². The van der Waals surface area contributed by atoms with Crippen molar-refractivity contribution in [2.24, 2.45) is 4.99 Å². The molecule has 1 rings (SSSR count). The minimum atomic E-state index is -2.92. The molecule has 1 aromatic rings. The molecule has 6 nitrogen and oxygen atoms in total. The molecule has 0 spiro atoms. The molecule has 0 aliphatic heterocycles. The van der Waals surface area contributed by atoms with Gasteiger partial charge >= 0.3 is 0 Å². The van der Waals surface area contributed by atoms with Crippen LogP contribution in [0.15, 0.2) is 35.3 Å². The van der Waals surface area contributed by atoms with E-state index in [1.54, 1.807) is 0 Å². The highest BCUT2D eigenvalue weighted by Crippen LogP contribution is 2.15. The van der Waals surface area contributed by atoms with Crippen molar-refractivity contribution in [3.63, 3.8) is 0 Å². The second-order valence-corrected chi connectivity index (χ2v) is 8.21. The first-order valence-corrected chi connectivity index (χ1v) is 10.8. The maximum atomic E-state index is 11.1. The predicted octanol–water partition coefficient (Wildman–Crippen LogP) is 2.76. The number of aliphatic imine (C=N–C) groups is 1. The summed E-state index contributed by atoms with van der Waals surface area (Å²) >= 11 is 0. The molecule has 1 aromatic carbocycles. The van der Waals surface area contributed by atoms with E-state index in [2.05, 4.69) is 34.7 Å². The van der Waals surface area contributed by atoms with E-state index in [1.807, 2.05) is 25.1 Å². The molecular weight excluding hydrogens is 465 g/mol. The number of nitrogens with one attached hydrogen (secondary N) is 2. The van der Waals surface area contributed by atoms with Gasteiger partial charge < -0.3 is 15.4 Å². The lowest BCUT2D eigenvalue weighted by Gasteiger charge is -2.14. The van der Waals surface area contributed by atoms with Crippen molar-refractivity contribution < 1.29 is 13.2 Å². The van der Waals surface area contributed by atoms with Gasteiger partial charge in [-0.2, -0.15) is 0 Å². The summed E-state index contributed by atoms with van der Waals surface area (Å²) in [5.41, 5.74) is 1.18. The zero-order chi connectivity index (χ0) is 18.5. The second-order valence-electron chi connectivity index (χ2n) is 5.95. The molecule has 0 heterocycles. The van der Waals surface area contributed by atoms with Crippen LogP contribution in [0, 0.1) is 0 Å². The lowest BCUT2D eigenvalue weighted by atomic mass is 10.1. The fourth-order valence-electron chi connectivity index (χ4n) is 2.22. The van der Waals surface area contributed by atoms with E-state index in [4.69, 9.17) is 4.74 Å². The third kappa shape index (κ3) is 12.5. The standard InChI is InChI=1S/C18H31N3O3S.HI/c1-4-19-18(21-13-9-15-25(3,22)23)20-12-8-14-24-16(2)17-10-6-5-7-11-17;/h5-7,10-11,16H,4,8-9,12-15H2,1-3H3,(H2,19,20,21);1H. The molecule has 0 bridgehead atoms. The molecule has 0 aliphatic carbocycles. The molecule has 1 unspecified atom stereocenters. The summed E-state index contributed by atoms with van der Waals surface area (Å²) in [4.78, 5) is 4.39. The maximum Gasteiger partial charge on any atom is 0.191 e. The summed E-state index contributed by atoms with van der Waals surface area (Å²) in [5.74, 6) is 0.883. The Morgan fingerprint density at radius 1 is 1.19 bits per heavy atom. The van der Waals surface area contributed by atoms with Crippen LogP contribution in [0.5, 0.6) is 0 Å². The van der Waals surface area contributed by atoms with E-state index in [1.165, 1.54) is 11.8 Å². The van der Waals surface area contributed by atoms with E-state index in [-0.39, 0.29) is 35.8 Å². The van der Waals surface area contributed by atoms with Crippen LogP contribution in [0.2, 0.25) is 0 Å². The minimum absolute atomic E-state index is 0. The fraction of sp³-hybridized carbons (Fsp3) is 0.611. The summed E-state index contributed by atoms with van der Waals surface area (Å²) < 4.78 is 28.1. The molecule has 1 atom stereocenters. The lowest BCUT2D eigenvalue weighted by molar-refractivity contribution is 0.0646. The first kappa shape index (κ1) is 25.1. The topological polar surface area (TPSA) is 79.8 Å². The van der Waals surface area contributed by atoms with Crippen molar-refractivity contribution in [2.45, 2.75) is 32.8 Å². The van der Waals surface area contributed by atoms with Crippen molar-refractivity contribution >= 4 is 39.8 Å². The Morgan fingerprint density at radius 2 is 1.88 bits per heavy atom. The Labute approximate surface area is 175 Å². The summed E-state index contributed by atoms with van der Waals surface area (Å²) in [6.07, 6.45) is 2.73. The molecule has 0 saturated heterocycles. The number of sulfone groups is 1. The number of ether oxygens (including phenoxy) is 1. The van der Waals surface area contributed by atoms with Crippen LogP contribution in [0.1, 0.15) is 38.4 Å². The van der Waals surface area contributed by atoms with Crippen LogP contribution < -0.4 is 10.6 Å². The SMILES string of the molecule is CCNC(=NCCCS(C)(=O)=O)NCCCOC(C)c1ccccc1.I. The Kier molecular flexibility index (Phi) is 13.7. The first-order valence-electron chi connectivity index (χ1n) is 8.79. The predicted molar refractivity (Wildman–Crippen MR) is 119 cm³/mol. The molecule has 26 heavy (non-hydrogen) atoms. The number of rotatable bonds is 11. The number of guanidine groups is 1. The normalized spacial score (nSPS) is 13.0. The number of nitrogens with zero attached hydrogens (tertiary/aromatic N) is 1. The zero-order valence-corrected chi connectivity index (χ0v) is 19.0. The molecule has 0 radical (unpaired) electrons. The molecule has 0 aromatic heterocycles. The molecule has 0 amide bonds. The molecular formula is C18H32IN3O3S. The largest absolute Gasteiger partial charge is 0.374 e. The van der Waals surface area contributed by atoms with Crippen molar-refractivity contribution in [1.29, 1.82) is 0 Å². The van der Waals surface area contributed by atoms with Gasteiger partial charge in [-0.1, -0.05) is 30.3 Å². The first-order chi connectivity index (χ1) is 11.9. The van der Waals surface area contributed by atoms with Gasteiger partial charge in [0, 0.05) is 32.5 Å². The number of hydrogen-bond acceptors (Lipinski definition) is 4. The zero-order valence-electron chi connectivity index (χ0n) is 15.9. The molecule has 2 N–H and O–H groups in total. The third-order valence-electron chi connectivity index (χ3n) is 3.54. The van der Waals surface area contributed by atoms with Crippen molar-refractivity contribution in [1.82, 2.24) is 10.6 Å². The Hall–Kier alpha value is -0.870. The van der Waals surface area contributed by atoms with Crippen LogP contribution in [0.4, 0.5) is 0 Å². The molecule has 0 aliphatic rings. The van der Waals surface area contributed by atoms with Gasteiger partial charge in [-0.05, 0) is 32.3 Å². The van der Waals surface area contributed by atoms with Gasteiger partial charge in [0.25, 0.3) is 0 Å². The molecule has 8 heteroatoms. The molecule has 150 valence electrons. The molecule has 0 saturated carbocycles. The highest BCUT2D eigenvalue weighted by atomic mass is 127. The van der Waals surface area contributed by atoms with Crippen LogP contribution in [0.25, 0.3) is 0 Å². The van der Waals surface area contributed by atoms with Gasteiger partial charge in [-0.25, -0.2) is 8.42 Å². The lowest BCUT2D eigenvalue weighted by Crippen LogP contribution is -2.38. The summed E-state index contributed by atoms with van der Waals surface area (Å²) in [7, 11) is -2.92. The van der Waals surface area contributed by atoms with Crippen LogP contribution in [-0.2, 0) is 14.6 Å². The van der Waals surface area contributed by atoms with Crippen molar-refractivity contribution in [2.75, 3.05) is 38.2 Å². The summed E-state index contributed by atoms with van der Waals surface area (Å²) in [5, 5.41) is 6.40. The third-order valence-corrected chi connectivity index (χ3v) is 4.57. The maximum absolute atomic E-state index is 11.1. The van der Waals surface area contributed by atoms with Crippen molar-refractivity contribution in [3.05, 3.63) is 35.9 Å². The summed E-state index contributed by atoms with van der Waals surface area (Å²) in [6.45, 7) is 6.72. The van der Waals surface area contributed by atoms with Gasteiger partial charge in [0.2, 0.25) is 0 Å². The fourth-order valence-corrected chi connectivity index (χ4v) is 2.87. The highest BCUT2D eigenvalue weighted by molar-refractivity contribution is 14.0. The van der Waals surface area contributed by atoms with Gasteiger partial charge in [0.1, 0.15) is 9.84 Å². The van der Waals surface area contributed by atoms with Gasteiger partial charge in [-0.15, -0.1) is 24.0 Å². The minimum Gasteiger partial charge on any atom is -0.374 e. The highest BCUT2D eigenvalue weighted by Gasteiger charge is 2.05. The van der Waals surface area contributed by atoms with Crippen molar-refractivity contribution in [3.8, 4) is 0 Å². The number of halogens is 1. The van der Waals surface area contributed by atoms with E-state index >= 15 is 0 Å². The summed E-state index contributed by atoms with van der Waals surface area (Å²) in [6, 6.07) is 10.2. The Bertz CT molecular complexity index is 609. The van der Waals surface area contributed by atoms with Gasteiger partial charge in [-0.3, -0.25) is 4.99 Å². The smallest absolute Gasteiger partial charge is 0.191 e. The van der Waals surface area contributed by atoms with E-state index in [0.29, 0.717) is 25.5 Å². The van der Waals surface area contributed by atoms with Gasteiger partial charge in [0.15, 0.2) is 5.96 Å². The molecule has 0 fully saturated rings. The van der Waals surface area contributed by atoms with Crippen LogP contribution in [0.3, 0.4) is 0 Å². The monoisotopic (exact) mass is 497 g/mol. The van der Waals surface area contributed by atoms with Crippen LogP contribution in [-0.4, -0.2) is 52.6 Å². The quantitative estimate of drug-likeness (QED) is 0.213. The Balaban J connectivity index is 0.00000625. The number of benzene rings is 1. The van der Waals surface area contributed by atoms with E-state index in [9.17, 15) is 8.42 Å². The average Bonchev–Trinajstić information content (AvgIpc) is 2.58.